The average molecular weight is 524 g/mol. The molecule has 1 fully saturated rings. The SMILES string of the molecule is C=CCN1CCC(NC(=NCc2ccc(OC)cc2OC(F)F)NCC)CC1.I. The number of methoxy groups -OCH3 is 1. The van der Waals surface area contributed by atoms with Crippen molar-refractivity contribution in [3.63, 3.8) is 0 Å². The van der Waals surface area contributed by atoms with Crippen LogP contribution in [0.5, 0.6) is 11.5 Å². The minimum atomic E-state index is -2.90. The summed E-state index contributed by atoms with van der Waals surface area (Å²) in [4.78, 5) is 6.92. The maximum Gasteiger partial charge on any atom is 0.387 e. The molecule has 1 saturated heterocycles. The third kappa shape index (κ3) is 8.73. The Morgan fingerprint density at radius 3 is 2.69 bits per heavy atom. The van der Waals surface area contributed by atoms with Gasteiger partial charge in [-0.25, -0.2) is 4.99 Å². The molecule has 6 nitrogen and oxygen atoms in total. The van der Waals surface area contributed by atoms with Crippen LogP contribution in [0.3, 0.4) is 0 Å². The van der Waals surface area contributed by atoms with Crippen molar-refractivity contribution < 1.29 is 18.3 Å². The molecule has 0 saturated carbocycles. The van der Waals surface area contributed by atoms with Crippen LogP contribution in [-0.4, -0.2) is 56.8 Å². The molecule has 1 aliphatic rings. The summed E-state index contributed by atoms with van der Waals surface area (Å²) in [7, 11) is 1.48. The number of piperidine rings is 1. The summed E-state index contributed by atoms with van der Waals surface area (Å²) in [6.45, 7) is 6.73. The lowest BCUT2D eigenvalue weighted by Gasteiger charge is -2.32. The number of ether oxygens (including phenoxy) is 2. The molecule has 1 aromatic carbocycles. The number of hydrogen-bond donors (Lipinski definition) is 2. The van der Waals surface area contributed by atoms with Gasteiger partial charge in [0, 0.05) is 43.9 Å². The number of nitrogens with zero attached hydrogens (tertiary/aromatic N) is 2. The summed E-state index contributed by atoms with van der Waals surface area (Å²) < 4.78 is 35.1. The van der Waals surface area contributed by atoms with E-state index in [0.717, 1.165) is 32.5 Å². The lowest BCUT2D eigenvalue weighted by Crippen LogP contribution is -2.48. The summed E-state index contributed by atoms with van der Waals surface area (Å²) >= 11 is 0. The van der Waals surface area contributed by atoms with E-state index in [9.17, 15) is 8.78 Å². The molecule has 0 aliphatic carbocycles. The van der Waals surface area contributed by atoms with Crippen LogP contribution >= 0.6 is 24.0 Å². The van der Waals surface area contributed by atoms with Gasteiger partial charge in [-0.3, -0.25) is 4.90 Å². The zero-order valence-electron chi connectivity index (χ0n) is 17.0. The minimum Gasteiger partial charge on any atom is -0.497 e. The maximum atomic E-state index is 12.7. The van der Waals surface area contributed by atoms with Crippen LogP contribution in [0.15, 0.2) is 35.8 Å². The topological polar surface area (TPSA) is 58.1 Å². The van der Waals surface area contributed by atoms with Crippen LogP contribution in [0.2, 0.25) is 0 Å². The molecule has 0 unspecified atom stereocenters. The third-order valence-corrected chi connectivity index (χ3v) is 4.56. The van der Waals surface area contributed by atoms with Gasteiger partial charge in [0.05, 0.1) is 13.7 Å². The van der Waals surface area contributed by atoms with E-state index in [1.165, 1.54) is 13.2 Å². The number of likely N-dealkylation sites (tertiary alicyclic amines) is 1. The first-order chi connectivity index (χ1) is 13.5. The number of rotatable bonds is 9. The van der Waals surface area contributed by atoms with E-state index in [-0.39, 0.29) is 36.3 Å². The first-order valence-electron chi connectivity index (χ1n) is 9.55. The summed E-state index contributed by atoms with van der Waals surface area (Å²) in [5.74, 6) is 1.20. The Hall–Kier alpha value is -1.62. The molecule has 0 spiro atoms. The number of guanidine groups is 1. The van der Waals surface area contributed by atoms with Crippen LogP contribution in [0.4, 0.5) is 8.78 Å². The first kappa shape index (κ1) is 25.4. The Labute approximate surface area is 188 Å². The molecular formula is C20H31F2IN4O2. The second-order valence-electron chi connectivity index (χ2n) is 6.56. The fourth-order valence-corrected chi connectivity index (χ4v) is 3.12. The molecule has 1 heterocycles. The van der Waals surface area contributed by atoms with Crippen LogP contribution in [0.1, 0.15) is 25.3 Å². The molecule has 0 amide bonds. The van der Waals surface area contributed by atoms with E-state index in [1.807, 2.05) is 13.0 Å². The van der Waals surface area contributed by atoms with E-state index >= 15 is 0 Å². The second kappa shape index (κ2) is 13.6. The lowest BCUT2D eigenvalue weighted by molar-refractivity contribution is -0.0505. The zero-order chi connectivity index (χ0) is 20.4. The molecule has 0 bridgehead atoms. The molecule has 0 aromatic heterocycles. The highest BCUT2D eigenvalue weighted by atomic mass is 127. The Bertz CT molecular complexity index is 653. The Morgan fingerprint density at radius 1 is 1.38 bits per heavy atom. The van der Waals surface area contributed by atoms with Gasteiger partial charge in [0.2, 0.25) is 0 Å². The van der Waals surface area contributed by atoms with Crippen molar-refractivity contribution >= 4 is 29.9 Å². The van der Waals surface area contributed by atoms with Gasteiger partial charge in [-0.15, -0.1) is 30.6 Å². The Balaban J connectivity index is 0.00000420. The van der Waals surface area contributed by atoms with Gasteiger partial charge in [-0.05, 0) is 31.9 Å². The van der Waals surface area contributed by atoms with Crippen molar-refractivity contribution in [1.29, 1.82) is 0 Å². The van der Waals surface area contributed by atoms with E-state index in [4.69, 9.17) is 4.74 Å². The summed E-state index contributed by atoms with van der Waals surface area (Å²) in [5, 5.41) is 6.66. The van der Waals surface area contributed by atoms with Gasteiger partial charge < -0.3 is 20.1 Å². The fraction of sp³-hybridized carbons (Fsp3) is 0.550. The molecule has 2 N–H and O–H groups in total. The monoisotopic (exact) mass is 524 g/mol. The normalized spacial score (nSPS) is 15.6. The predicted octanol–water partition coefficient (Wildman–Crippen LogP) is 3.62. The first-order valence-corrected chi connectivity index (χ1v) is 9.55. The molecule has 9 heteroatoms. The average Bonchev–Trinajstić information content (AvgIpc) is 2.68. The second-order valence-corrected chi connectivity index (χ2v) is 6.56. The number of aliphatic imine (C=N–C) groups is 1. The standard InChI is InChI=1S/C20H30F2N4O2.HI/c1-4-10-26-11-8-16(9-12-26)25-20(23-5-2)24-14-15-6-7-17(27-3)13-18(15)28-19(21)22;/h4,6-7,13,16,19H,1,5,8-12,14H2,2-3H3,(H2,23,24,25);1H. The van der Waals surface area contributed by atoms with Crippen molar-refractivity contribution in [1.82, 2.24) is 15.5 Å². The van der Waals surface area contributed by atoms with Crippen molar-refractivity contribution in [2.75, 3.05) is 33.3 Å². The summed E-state index contributed by atoms with van der Waals surface area (Å²) in [5.41, 5.74) is 0.569. The number of benzene rings is 1. The van der Waals surface area contributed by atoms with Crippen LogP contribution in [-0.2, 0) is 6.54 Å². The number of nitrogens with one attached hydrogen (secondary N) is 2. The van der Waals surface area contributed by atoms with Crippen molar-refractivity contribution in [3.8, 4) is 11.5 Å². The molecule has 1 aromatic rings. The lowest BCUT2D eigenvalue weighted by atomic mass is 10.1. The van der Waals surface area contributed by atoms with Crippen LogP contribution < -0.4 is 20.1 Å². The van der Waals surface area contributed by atoms with E-state index in [0.29, 0.717) is 29.9 Å². The molecule has 2 rings (SSSR count). The van der Waals surface area contributed by atoms with Gasteiger partial charge in [0.15, 0.2) is 5.96 Å². The highest BCUT2D eigenvalue weighted by Gasteiger charge is 2.19. The van der Waals surface area contributed by atoms with Gasteiger partial charge in [0.25, 0.3) is 0 Å². The van der Waals surface area contributed by atoms with Gasteiger partial charge in [-0.1, -0.05) is 6.08 Å². The van der Waals surface area contributed by atoms with Crippen LogP contribution in [0, 0.1) is 0 Å². The van der Waals surface area contributed by atoms with Crippen molar-refractivity contribution in [3.05, 3.63) is 36.4 Å². The Kier molecular flexibility index (Phi) is 11.9. The van der Waals surface area contributed by atoms with Gasteiger partial charge >= 0.3 is 6.61 Å². The molecule has 29 heavy (non-hydrogen) atoms. The van der Waals surface area contributed by atoms with Crippen LogP contribution in [0.25, 0.3) is 0 Å². The smallest absolute Gasteiger partial charge is 0.387 e. The molecular weight excluding hydrogens is 493 g/mol. The quantitative estimate of drug-likeness (QED) is 0.224. The molecule has 1 aliphatic heterocycles. The number of hydrogen-bond acceptors (Lipinski definition) is 4. The van der Waals surface area contributed by atoms with Crippen molar-refractivity contribution in [2.45, 2.75) is 39.0 Å². The largest absolute Gasteiger partial charge is 0.497 e. The predicted molar refractivity (Wildman–Crippen MR) is 123 cm³/mol. The fourth-order valence-electron chi connectivity index (χ4n) is 3.12. The summed E-state index contributed by atoms with van der Waals surface area (Å²) in [6, 6.07) is 5.18. The highest BCUT2D eigenvalue weighted by molar-refractivity contribution is 14.0. The summed E-state index contributed by atoms with van der Waals surface area (Å²) in [6.07, 6.45) is 3.95. The van der Waals surface area contributed by atoms with E-state index in [2.05, 4.69) is 31.8 Å². The zero-order valence-corrected chi connectivity index (χ0v) is 19.3. The number of alkyl halides is 2. The maximum absolute atomic E-state index is 12.7. The molecule has 164 valence electrons. The minimum absolute atomic E-state index is 0. The highest BCUT2D eigenvalue weighted by Crippen LogP contribution is 2.27. The van der Waals surface area contributed by atoms with Crippen molar-refractivity contribution in [2.24, 2.45) is 4.99 Å². The van der Waals surface area contributed by atoms with Gasteiger partial charge in [0.1, 0.15) is 11.5 Å². The Morgan fingerprint density at radius 2 is 2.10 bits per heavy atom. The van der Waals surface area contributed by atoms with E-state index < -0.39 is 6.61 Å². The van der Waals surface area contributed by atoms with E-state index in [1.54, 1.807) is 12.1 Å². The molecule has 0 atom stereocenters. The third-order valence-electron chi connectivity index (χ3n) is 4.56. The molecule has 0 radical (unpaired) electrons. The van der Waals surface area contributed by atoms with Gasteiger partial charge in [-0.2, -0.15) is 8.78 Å². The number of halogens is 3.